The van der Waals surface area contributed by atoms with Crippen LogP contribution in [0.15, 0.2) is 12.5 Å². The fraction of sp³-hybridized carbons (Fsp3) is 0.625. The lowest BCUT2D eigenvalue weighted by molar-refractivity contribution is 0.589. The van der Waals surface area contributed by atoms with Gasteiger partial charge in [0.05, 0.1) is 12.0 Å². The molecule has 11 heavy (non-hydrogen) atoms. The van der Waals surface area contributed by atoms with E-state index in [1.165, 1.54) is 0 Å². The normalized spacial score (nSPS) is 13.4. The van der Waals surface area contributed by atoms with E-state index in [9.17, 15) is 0 Å². The molecule has 0 aromatic carbocycles. The van der Waals surface area contributed by atoms with Gasteiger partial charge in [-0.3, -0.25) is 0 Å². The molecule has 0 aliphatic heterocycles. The van der Waals surface area contributed by atoms with Gasteiger partial charge in [0, 0.05) is 18.8 Å². The van der Waals surface area contributed by atoms with Gasteiger partial charge >= 0.3 is 0 Å². The minimum atomic E-state index is 0.203. The van der Waals surface area contributed by atoms with Gasteiger partial charge in [0.25, 0.3) is 0 Å². The Bertz CT molecular complexity index is 215. The summed E-state index contributed by atoms with van der Waals surface area (Å²) in [7, 11) is 0. The lowest BCUT2D eigenvalue weighted by Crippen LogP contribution is -2.21. The van der Waals surface area contributed by atoms with Crippen molar-refractivity contribution in [1.29, 1.82) is 0 Å². The molecule has 1 unspecified atom stereocenters. The van der Waals surface area contributed by atoms with E-state index in [0.29, 0.717) is 0 Å². The molecule has 0 saturated heterocycles. The molecule has 1 heterocycles. The summed E-state index contributed by atoms with van der Waals surface area (Å²) in [6.07, 6.45) is 4.87. The van der Waals surface area contributed by atoms with Gasteiger partial charge in [-0.25, -0.2) is 4.98 Å². The Labute approximate surface area is 67.2 Å². The number of rotatable bonds is 3. The number of imidazole rings is 1. The van der Waals surface area contributed by atoms with Crippen molar-refractivity contribution in [2.45, 2.75) is 32.9 Å². The fourth-order valence-electron chi connectivity index (χ4n) is 1.02. The molecule has 0 spiro atoms. The smallest absolute Gasteiger partial charge is 0.0949 e. The fourth-order valence-corrected chi connectivity index (χ4v) is 1.02. The van der Waals surface area contributed by atoms with E-state index in [4.69, 9.17) is 5.73 Å². The number of hydrogen-bond acceptors (Lipinski definition) is 2. The SMILES string of the molecule is CCc1cn(CC(C)N)cn1. The Morgan fingerprint density at radius 2 is 2.45 bits per heavy atom. The van der Waals surface area contributed by atoms with Gasteiger partial charge in [0.2, 0.25) is 0 Å². The number of nitrogens with zero attached hydrogens (tertiary/aromatic N) is 2. The van der Waals surface area contributed by atoms with Crippen molar-refractivity contribution in [3.05, 3.63) is 18.2 Å². The van der Waals surface area contributed by atoms with Crippen LogP contribution in [-0.2, 0) is 13.0 Å². The Hall–Kier alpha value is -0.830. The summed E-state index contributed by atoms with van der Waals surface area (Å²) in [5, 5.41) is 0. The van der Waals surface area contributed by atoms with Gasteiger partial charge in [-0.2, -0.15) is 0 Å². The highest BCUT2D eigenvalue weighted by Gasteiger charge is 1.97. The highest BCUT2D eigenvalue weighted by molar-refractivity contribution is 4.95. The summed E-state index contributed by atoms with van der Waals surface area (Å²) in [6, 6.07) is 0.203. The van der Waals surface area contributed by atoms with E-state index in [1.54, 1.807) is 0 Å². The Kier molecular flexibility index (Phi) is 2.65. The molecule has 0 aliphatic rings. The average Bonchev–Trinajstić information content (AvgIpc) is 2.34. The molecule has 0 bridgehead atoms. The topological polar surface area (TPSA) is 43.8 Å². The molecule has 1 aromatic rings. The highest BCUT2D eigenvalue weighted by atomic mass is 15.0. The molecule has 1 atom stereocenters. The quantitative estimate of drug-likeness (QED) is 0.697. The molecule has 0 radical (unpaired) electrons. The van der Waals surface area contributed by atoms with Gasteiger partial charge in [0.15, 0.2) is 0 Å². The van der Waals surface area contributed by atoms with Crippen LogP contribution in [0.3, 0.4) is 0 Å². The first-order chi connectivity index (χ1) is 5.22. The van der Waals surface area contributed by atoms with Crippen molar-refractivity contribution in [2.75, 3.05) is 0 Å². The maximum absolute atomic E-state index is 5.63. The van der Waals surface area contributed by atoms with E-state index in [1.807, 2.05) is 24.0 Å². The Morgan fingerprint density at radius 1 is 1.73 bits per heavy atom. The molecule has 1 rings (SSSR count). The summed E-state index contributed by atoms with van der Waals surface area (Å²) < 4.78 is 2.03. The van der Waals surface area contributed by atoms with Crippen molar-refractivity contribution in [3.8, 4) is 0 Å². The van der Waals surface area contributed by atoms with E-state index in [-0.39, 0.29) is 6.04 Å². The minimum absolute atomic E-state index is 0.203. The Morgan fingerprint density at radius 3 is 2.91 bits per heavy atom. The molecule has 0 aliphatic carbocycles. The van der Waals surface area contributed by atoms with Crippen LogP contribution in [-0.4, -0.2) is 15.6 Å². The molecular weight excluding hydrogens is 138 g/mol. The second kappa shape index (κ2) is 3.53. The van der Waals surface area contributed by atoms with Crippen LogP contribution in [0.4, 0.5) is 0 Å². The van der Waals surface area contributed by atoms with Crippen LogP contribution in [0.25, 0.3) is 0 Å². The minimum Gasteiger partial charge on any atom is -0.336 e. The molecule has 0 saturated carbocycles. The predicted molar refractivity (Wildman–Crippen MR) is 45.3 cm³/mol. The van der Waals surface area contributed by atoms with Crippen molar-refractivity contribution in [1.82, 2.24) is 9.55 Å². The molecule has 3 nitrogen and oxygen atoms in total. The van der Waals surface area contributed by atoms with E-state index >= 15 is 0 Å². The number of aryl methyl sites for hydroxylation is 1. The van der Waals surface area contributed by atoms with Crippen LogP contribution in [0.5, 0.6) is 0 Å². The van der Waals surface area contributed by atoms with Crippen molar-refractivity contribution in [3.63, 3.8) is 0 Å². The summed E-state index contributed by atoms with van der Waals surface area (Å²) in [4.78, 5) is 4.20. The second-order valence-electron chi connectivity index (χ2n) is 2.89. The summed E-state index contributed by atoms with van der Waals surface area (Å²) >= 11 is 0. The zero-order valence-electron chi connectivity index (χ0n) is 7.12. The molecule has 0 amide bonds. The van der Waals surface area contributed by atoms with Gasteiger partial charge in [-0.05, 0) is 13.3 Å². The van der Waals surface area contributed by atoms with Crippen LogP contribution < -0.4 is 5.73 Å². The van der Waals surface area contributed by atoms with Crippen LogP contribution >= 0.6 is 0 Å². The van der Waals surface area contributed by atoms with E-state index in [0.717, 1.165) is 18.7 Å². The maximum Gasteiger partial charge on any atom is 0.0949 e. The van der Waals surface area contributed by atoms with E-state index in [2.05, 4.69) is 11.9 Å². The summed E-state index contributed by atoms with van der Waals surface area (Å²) in [5.41, 5.74) is 6.76. The monoisotopic (exact) mass is 153 g/mol. The first kappa shape index (κ1) is 8.27. The molecule has 2 N–H and O–H groups in total. The van der Waals surface area contributed by atoms with Gasteiger partial charge in [0.1, 0.15) is 0 Å². The predicted octanol–water partition coefficient (Wildman–Crippen LogP) is 0.793. The average molecular weight is 153 g/mol. The molecule has 62 valence electrons. The largest absolute Gasteiger partial charge is 0.336 e. The number of nitrogens with two attached hydrogens (primary N) is 1. The molecule has 0 fully saturated rings. The number of hydrogen-bond donors (Lipinski definition) is 1. The van der Waals surface area contributed by atoms with Crippen LogP contribution in [0.1, 0.15) is 19.5 Å². The third-order valence-corrected chi connectivity index (χ3v) is 1.55. The number of aromatic nitrogens is 2. The lowest BCUT2D eigenvalue weighted by Gasteiger charge is -2.03. The van der Waals surface area contributed by atoms with Crippen LogP contribution in [0.2, 0.25) is 0 Å². The first-order valence-corrected chi connectivity index (χ1v) is 3.98. The van der Waals surface area contributed by atoms with Gasteiger partial charge < -0.3 is 10.3 Å². The third-order valence-electron chi connectivity index (χ3n) is 1.55. The standard InChI is InChI=1S/C8H15N3/c1-3-8-5-11(6-10-8)4-7(2)9/h5-7H,3-4,9H2,1-2H3. The zero-order chi connectivity index (χ0) is 8.27. The summed E-state index contributed by atoms with van der Waals surface area (Å²) in [6.45, 7) is 4.94. The van der Waals surface area contributed by atoms with Gasteiger partial charge in [-0.15, -0.1) is 0 Å². The van der Waals surface area contributed by atoms with Gasteiger partial charge in [-0.1, -0.05) is 6.92 Å². The van der Waals surface area contributed by atoms with Crippen molar-refractivity contribution in [2.24, 2.45) is 5.73 Å². The van der Waals surface area contributed by atoms with Crippen molar-refractivity contribution < 1.29 is 0 Å². The second-order valence-corrected chi connectivity index (χ2v) is 2.89. The molecular formula is C8H15N3. The Balaban J connectivity index is 2.58. The van der Waals surface area contributed by atoms with Crippen LogP contribution in [0, 0.1) is 0 Å². The summed E-state index contributed by atoms with van der Waals surface area (Å²) in [5.74, 6) is 0. The van der Waals surface area contributed by atoms with Crippen molar-refractivity contribution >= 4 is 0 Å². The lowest BCUT2D eigenvalue weighted by atomic mass is 10.3. The highest BCUT2D eigenvalue weighted by Crippen LogP contribution is 1.97. The molecule has 3 heteroatoms. The van der Waals surface area contributed by atoms with E-state index < -0.39 is 0 Å². The first-order valence-electron chi connectivity index (χ1n) is 3.98. The zero-order valence-corrected chi connectivity index (χ0v) is 7.12. The third kappa shape index (κ3) is 2.35. The maximum atomic E-state index is 5.63. The molecule has 1 aromatic heterocycles.